The number of hydrogen-bond acceptors (Lipinski definition) is 4. The van der Waals surface area contributed by atoms with Crippen LogP contribution >= 0.6 is 15.9 Å². The van der Waals surface area contributed by atoms with Gasteiger partial charge in [0.05, 0.1) is 14.2 Å². The Morgan fingerprint density at radius 3 is 2.37 bits per heavy atom. The summed E-state index contributed by atoms with van der Waals surface area (Å²) in [6.07, 6.45) is -0.288. The van der Waals surface area contributed by atoms with Gasteiger partial charge in [-0.15, -0.1) is 0 Å². The van der Waals surface area contributed by atoms with Crippen LogP contribution in [0, 0.1) is 0 Å². The van der Waals surface area contributed by atoms with Crippen LogP contribution in [0.1, 0.15) is 25.0 Å². The number of benzene rings is 1. The quantitative estimate of drug-likeness (QED) is 0.831. The van der Waals surface area contributed by atoms with Crippen LogP contribution in [0.2, 0.25) is 0 Å². The molecule has 5 nitrogen and oxygen atoms in total. The van der Waals surface area contributed by atoms with Gasteiger partial charge in [-0.25, -0.2) is 4.79 Å². The zero-order valence-electron chi connectivity index (χ0n) is 11.1. The lowest BCUT2D eigenvalue weighted by Crippen LogP contribution is -2.16. The molecule has 1 rings (SSSR count). The number of hydrogen-bond donors (Lipinski definition) is 1. The van der Waals surface area contributed by atoms with Gasteiger partial charge in [-0.3, -0.25) is 0 Å². The summed E-state index contributed by atoms with van der Waals surface area (Å²) in [4.78, 5) is 11.3. The van der Waals surface area contributed by atoms with E-state index in [1.807, 2.05) is 6.92 Å². The Labute approximate surface area is 120 Å². The first-order chi connectivity index (χ1) is 9.04. The van der Waals surface area contributed by atoms with Crippen LogP contribution in [-0.2, 0) is 9.53 Å². The fourth-order valence-corrected chi connectivity index (χ4v) is 2.13. The van der Waals surface area contributed by atoms with Gasteiger partial charge in [0, 0.05) is 16.6 Å². The fraction of sp³-hybridized carbons (Fsp3) is 0.462. The maximum Gasteiger partial charge on any atom is 0.337 e. The summed E-state index contributed by atoms with van der Waals surface area (Å²) in [6, 6.07) is 3.27. The molecular formula is C13H17BrO5. The lowest BCUT2D eigenvalue weighted by atomic mass is 10.1. The Bertz CT molecular complexity index is 447. The van der Waals surface area contributed by atoms with Crippen molar-refractivity contribution in [2.75, 3.05) is 20.8 Å². The number of aliphatic carboxylic acids is 1. The number of ether oxygens (including phenoxy) is 3. The Balaban J connectivity index is 3.18. The molecule has 1 N–H and O–H groups in total. The van der Waals surface area contributed by atoms with Gasteiger partial charge in [-0.1, -0.05) is 22.9 Å². The molecule has 0 bridgehead atoms. The summed E-state index contributed by atoms with van der Waals surface area (Å²) in [6.45, 7) is 2.29. The molecule has 0 heterocycles. The van der Waals surface area contributed by atoms with Gasteiger partial charge in [0.1, 0.15) is 0 Å². The van der Waals surface area contributed by atoms with E-state index >= 15 is 0 Å². The van der Waals surface area contributed by atoms with E-state index in [4.69, 9.17) is 14.2 Å². The predicted octanol–water partition coefficient (Wildman–Crippen LogP) is 3.02. The van der Waals surface area contributed by atoms with Gasteiger partial charge in [0.25, 0.3) is 0 Å². The van der Waals surface area contributed by atoms with Gasteiger partial charge >= 0.3 is 5.97 Å². The third-order valence-electron chi connectivity index (χ3n) is 2.50. The molecule has 1 aromatic rings. The van der Waals surface area contributed by atoms with E-state index in [9.17, 15) is 9.90 Å². The van der Waals surface area contributed by atoms with Crippen LogP contribution in [0.4, 0.5) is 0 Å². The normalized spacial score (nSPS) is 12.0. The molecule has 0 amide bonds. The summed E-state index contributed by atoms with van der Waals surface area (Å²) >= 11 is 3.33. The Kier molecular flexibility index (Phi) is 6.11. The van der Waals surface area contributed by atoms with E-state index < -0.39 is 12.1 Å². The molecule has 19 heavy (non-hydrogen) atoms. The van der Waals surface area contributed by atoms with Crippen LogP contribution in [0.25, 0.3) is 0 Å². The number of carboxylic acids is 1. The monoisotopic (exact) mass is 332 g/mol. The summed E-state index contributed by atoms with van der Waals surface area (Å²) in [5, 5.41) is 9.25. The minimum atomic E-state index is -1.04. The Morgan fingerprint density at radius 2 is 1.89 bits per heavy atom. The number of carboxylic acid groups (broad SMARTS) is 1. The number of carbonyl (C=O) groups is 1. The standard InChI is InChI=1S/C13H17BrO5/c1-4-5-19-12(13(15)16)8-6-10(17-2)11(18-3)7-9(8)14/h6-7,12H,4-5H2,1-3H3,(H,15,16). The molecule has 0 fully saturated rings. The van der Waals surface area contributed by atoms with E-state index in [2.05, 4.69) is 15.9 Å². The second-order valence-corrected chi connectivity index (χ2v) is 4.67. The third kappa shape index (κ3) is 3.84. The lowest BCUT2D eigenvalue weighted by Gasteiger charge is -2.17. The van der Waals surface area contributed by atoms with E-state index in [1.54, 1.807) is 12.1 Å². The van der Waals surface area contributed by atoms with Gasteiger partial charge < -0.3 is 19.3 Å². The summed E-state index contributed by atoms with van der Waals surface area (Å²) in [7, 11) is 3.02. The zero-order chi connectivity index (χ0) is 14.4. The number of halogens is 1. The van der Waals surface area contributed by atoms with E-state index in [0.717, 1.165) is 6.42 Å². The first-order valence-corrected chi connectivity index (χ1v) is 6.60. The smallest absolute Gasteiger partial charge is 0.337 e. The van der Waals surface area contributed by atoms with Crippen molar-refractivity contribution in [3.8, 4) is 11.5 Å². The van der Waals surface area contributed by atoms with Crippen molar-refractivity contribution in [1.82, 2.24) is 0 Å². The second kappa shape index (κ2) is 7.35. The van der Waals surface area contributed by atoms with Gasteiger partial charge in [-0.2, -0.15) is 0 Å². The highest BCUT2D eigenvalue weighted by Gasteiger charge is 2.24. The first-order valence-electron chi connectivity index (χ1n) is 5.80. The summed E-state index contributed by atoms with van der Waals surface area (Å²) < 4.78 is 16.3. The topological polar surface area (TPSA) is 65.0 Å². The number of rotatable bonds is 7. The van der Waals surface area contributed by atoms with Crippen molar-refractivity contribution in [2.45, 2.75) is 19.4 Å². The highest BCUT2D eigenvalue weighted by molar-refractivity contribution is 9.10. The fourth-order valence-electron chi connectivity index (χ4n) is 1.60. The SMILES string of the molecule is CCCOC(C(=O)O)c1cc(OC)c(OC)cc1Br. The molecule has 1 unspecified atom stereocenters. The van der Waals surface area contributed by atoms with Crippen LogP contribution in [0.5, 0.6) is 11.5 Å². The van der Waals surface area contributed by atoms with Crippen molar-refractivity contribution >= 4 is 21.9 Å². The van der Waals surface area contributed by atoms with Crippen LogP contribution < -0.4 is 9.47 Å². The average Bonchev–Trinajstić information content (AvgIpc) is 2.39. The molecular weight excluding hydrogens is 316 g/mol. The van der Waals surface area contributed by atoms with E-state index in [0.29, 0.717) is 28.1 Å². The average molecular weight is 333 g/mol. The molecule has 0 aromatic heterocycles. The summed E-state index contributed by atoms with van der Waals surface area (Å²) in [5.74, 6) is -0.0498. The maximum absolute atomic E-state index is 11.3. The molecule has 1 atom stereocenters. The van der Waals surface area contributed by atoms with Gasteiger partial charge in [0.2, 0.25) is 0 Å². The first kappa shape index (κ1) is 15.8. The predicted molar refractivity (Wildman–Crippen MR) is 73.9 cm³/mol. The minimum absolute atomic E-state index is 0.373. The van der Waals surface area contributed by atoms with Gasteiger partial charge in [0.15, 0.2) is 17.6 Å². The molecule has 0 saturated heterocycles. The largest absolute Gasteiger partial charge is 0.493 e. The van der Waals surface area contributed by atoms with Crippen molar-refractivity contribution in [3.63, 3.8) is 0 Å². The highest BCUT2D eigenvalue weighted by Crippen LogP contribution is 2.37. The molecule has 0 aliphatic heterocycles. The maximum atomic E-state index is 11.3. The molecule has 0 aliphatic rings. The minimum Gasteiger partial charge on any atom is -0.493 e. The van der Waals surface area contributed by atoms with E-state index in [-0.39, 0.29) is 0 Å². The second-order valence-electron chi connectivity index (χ2n) is 3.82. The Morgan fingerprint density at radius 1 is 1.32 bits per heavy atom. The number of methoxy groups -OCH3 is 2. The lowest BCUT2D eigenvalue weighted by molar-refractivity contribution is -0.151. The molecule has 106 valence electrons. The van der Waals surface area contributed by atoms with Crippen LogP contribution in [0.15, 0.2) is 16.6 Å². The molecule has 0 radical (unpaired) electrons. The Hall–Kier alpha value is -1.27. The van der Waals surface area contributed by atoms with Crippen molar-refractivity contribution in [2.24, 2.45) is 0 Å². The van der Waals surface area contributed by atoms with Crippen LogP contribution in [-0.4, -0.2) is 31.9 Å². The molecule has 0 aliphatic carbocycles. The zero-order valence-corrected chi connectivity index (χ0v) is 12.7. The van der Waals surface area contributed by atoms with E-state index in [1.165, 1.54) is 14.2 Å². The van der Waals surface area contributed by atoms with Crippen LogP contribution in [0.3, 0.4) is 0 Å². The van der Waals surface area contributed by atoms with Crippen molar-refractivity contribution in [1.29, 1.82) is 0 Å². The molecule has 6 heteroatoms. The van der Waals surface area contributed by atoms with Crippen molar-refractivity contribution in [3.05, 3.63) is 22.2 Å². The van der Waals surface area contributed by atoms with Gasteiger partial charge in [-0.05, 0) is 18.6 Å². The summed E-state index contributed by atoms with van der Waals surface area (Å²) in [5.41, 5.74) is 0.499. The highest BCUT2D eigenvalue weighted by atomic mass is 79.9. The molecule has 1 aromatic carbocycles. The molecule has 0 saturated carbocycles. The molecule has 0 spiro atoms. The van der Waals surface area contributed by atoms with Crippen molar-refractivity contribution < 1.29 is 24.1 Å². The third-order valence-corrected chi connectivity index (χ3v) is 3.19.